The second-order valence-electron chi connectivity index (χ2n) is 7.15. The highest BCUT2D eigenvalue weighted by molar-refractivity contribution is 5.80. The fraction of sp³-hybridized carbons (Fsp3) is 0.938. The number of nitrogens with one attached hydrogen (secondary N) is 1. The molecule has 0 aromatic carbocycles. The Bertz CT molecular complexity index is 399. The van der Waals surface area contributed by atoms with Crippen LogP contribution < -0.4 is 5.32 Å². The summed E-state index contributed by atoms with van der Waals surface area (Å²) in [5, 5.41) is 13.2. The number of carboxylic acid groups (broad SMARTS) is 1. The lowest BCUT2D eigenvalue weighted by Crippen LogP contribution is -2.65. The third-order valence-electron chi connectivity index (χ3n) is 5.67. The number of piperazine rings is 1. The number of hydrogen-bond acceptors (Lipinski definition) is 4. The molecule has 0 aromatic rings. The SMILES string of the molecule is CCNC(CN1CC2CCCN2CC1C)(C(=O)O)C1CC1. The van der Waals surface area contributed by atoms with Crippen molar-refractivity contribution in [1.82, 2.24) is 15.1 Å². The lowest BCUT2D eigenvalue weighted by atomic mass is 9.90. The van der Waals surface area contributed by atoms with Gasteiger partial charge in [-0.25, -0.2) is 0 Å². The largest absolute Gasteiger partial charge is 0.480 e. The molecule has 2 aliphatic heterocycles. The summed E-state index contributed by atoms with van der Waals surface area (Å²) in [6.07, 6.45) is 4.67. The fourth-order valence-electron chi connectivity index (χ4n) is 4.33. The average molecular weight is 295 g/mol. The van der Waals surface area contributed by atoms with Crippen LogP contribution in [0.5, 0.6) is 0 Å². The van der Waals surface area contributed by atoms with Gasteiger partial charge in [0.1, 0.15) is 5.54 Å². The zero-order valence-corrected chi connectivity index (χ0v) is 13.3. The zero-order chi connectivity index (χ0) is 15.0. The van der Waals surface area contributed by atoms with Gasteiger partial charge in [-0.1, -0.05) is 6.92 Å². The molecule has 5 nitrogen and oxygen atoms in total. The molecule has 0 amide bonds. The van der Waals surface area contributed by atoms with Gasteiger partial charge >= 0.3 is 5.97 Å². The molecule has 3 fully saturated rings. The number of fused-ring (bicyclic) bond motifs is 1. The molecule has 0 bridgehead atoms. The van der Waals surface area contributed by atoms with Crippen LogP contribution in [0.25, 0.3) is 0 Å². The Balaban J connectivity index is 1.74. The standard InChI is InChI=1S/C16H29N3O2/c1-3-17-16(15(20)21,13-6-7-13)11-19-10-14-5-4-8-18(14)9-12(19)2/h12-14,17H,3-11H2,1-2H3,(H,20,21). The Hall–Kier alpha value is -0.650. The van der Waals surface area contributed by atoms with Gasteiger partial charge < -0.3 is 10.4 Å². The quantitative estimate of drug-likeness (QED) is 0.765. The first-order valence-corrected chi connectivity index (χ1v) is 8.53. The van der Waals surface area contributed by atoms with Crippen LogP contribution in [0, 0.1) is 5.92 Å². The Labute approximate surface area is 127 Å². The predicted octanol–water partition coefficient (Wildman–Crippen LogP) is 0.998. The monoisotopic (exact) mass is 295 g/mol. The molecule has 2 saturated heterocycles. The lowest BCUT2D eigenvalue weighted by molar-refractivity contribution is -0.147. The summed E-state index contributed by atoms with van der Waals surface area (Å²) in [4.78, 5) is 17.0. The summed E-state index contributed by atoms with van der Waals surface area (Å²) in [6, 6.07) is 1.10. The summed E-state index contributed by atoms with van der Waals surface area (Å²) in [5.74, 6) is -0.350. The van der Waals surface area contributed by atoms with Gasteiger partial charge in [0.2, 0.25) is 0 Å². The molecule has 3 rings (SSSR count). The lowest BCUT2D eigenvalue weighted by Gasteiger charge is -2.46. The molecule has 3 atom stereocenters. The maximum Gasteiger partial charge on any atom is 0.325 e. The van der Waals surface area contributed by atoms with E-state index in [4.69, 9.17) is 0 Å². The number of aliphatic carboxylic acids is 1. The van der Waals surface area contributed by atoms with Gasteiger partial charge in [0.25, 0.3) is 0 Å². The smallest absolute Gasteiger partial charge is 0.325 e. The summed E-state index contributed by atoms with van der Waals surface area (Å²) in [5.41, 5.74) is -0.732. The van der Waals surface area contributed by atoms with Crippen molar-refractivity contribution in [1.29, 1.82) is 0 Å². The van der Waals surface area contributed by atoms with Crippen LogP contribution in [0.1, 0.15) is 39.5 Å². The fourth-order valence-corrected chi connectivity index (χ4v) is 4.33. The molecule has 3 aliphatic rings. The maximum absolute atomic E-state index is 12.0. The van der Waals surface area contributed by atoms with Gasteiger partial charge in [0, 0.05) is 31.7 Å². The first-order chi connectivity index (χ1) is 10.1. The highest BCUT2D eigenvalue weighted by Crippen LogP contribution is 2.41. The van der Waals surface area contributed by atoms with E-state index in [-0.39, 0.29) is 0 Å². The minimum atomic E-state index is -0.732. The molecular formula is C16H29N3O2. The number of likely N-dealkylation sites (N-methyl/N-ethyl adjacent to an activating group) is 1. The van der Waals surface area contributed by atoms with Gasteiger partial charge in [0.15, 0.2) is 0 Å². The van der Waals surface area contributed by atoms with E-state index in [1.165, 1.54) is 19.4 Å². The summed E-state index contributed by atoms with van der Waals surface area (Å²) < 4.78 is 0. The summed E-state index contributed by atoms with van der Waals surface area (Å²) in [6.45, 7) is 9.00. The first kappa shape index (κ1) is 15.3. The molecule has 1 saturated carbocycles. The third-order valence-corrected chi connectivity index (χ3v) is 5.67. The van der Waals surface area contributed by atoms with Crippen molar-refractivity contribution in [3.05, 3.63) is 0 Å². The Morgan fingerprint density at radius 3 is 2.71 bits per heavy atom. The topological polar surface area (TPSA) is 55.8 Å². The van der Waals surface area contributed by atoms with Crippen LogP contribution in [0.4, 0.5) is 0 Å². The second kappa shape index (κ2) is 5.86. The van der Waals surface area contributed by atoms with Crippen LogP contribution in [-0.2, 0) is 4.79 Å². The maximum atomic E-state index is 12.0. The van der Waals surface area contributed by atoms with Crippen molar-refractivity contribution < 1.29 is 9.90 Å². The molecule has 0 spiro atoms. The van der Waals surface area contributed by atoms with Crippen LogP contribution in [-0.4, -0.2) is 71.2 Å². The number of rotatable bonds is 6. The molecule has 120 valence electrons. The molecule has 5 heteroatoms. The van der Waals surface area contributed by atoms with Crippen LogP contribution >= 0.6 is 0 Å². The van der Waals surface area contributed by atoms with Gasteiger partial charge in [-0.15, -0.1) is 0 Å². The molecule has 0 radical (unpaired) electrons. The van der Waals surface area contributed by atoms with Crippen molar-refractivity contribution in [2.45, 2.75) is 57.2 Å². The van der Waals surface area contributed by atoms with Crippen molar-refractivity contribution in [2.75, 3.05) is 32.7 Å². The van der Waals surface area contributed by atoms with Gasteiger partial charge in [-0.3, -0.25) is 14.6 Å². The minimum Gasteiger partial charge on any atom is -0.480 e. The highest BCUT2D eigenvalue weighted by Gasteiger charge is 2.52. The van der Waals surface area contributed by atoms with Crippen molar-refractivity contribution >= 4 is 5.97 Å². The van der Waals surface area contributed by atoms with Crippen molar-refractivity contribution in [2.24, 2.45) is 5.92 Å². The molecule has 2 N–H and O–H groups in total. The van der Waals surface area contributed by atoms with Crippen LogP contribution in [0.2, 0.25) is 0 Å². The van der Waals surface area contributed by atoms with Gasteiger partial charge in [-0.05, 0) is 51.6 Å². The summed E-state index contributed by atoms with van der Waals surface area (Å²) in [7, 11) is 0. The van der Waals surface area contributed by atoms with Crippen molar-refractivity contribution in [3.8, 4) is 0 Å². The Morgan fingerprint density at radius 2 is 2.10 bits per heavy atom. The third kappa shape index (κ3) is 2.83. The summed E-state index contributed by atoms with van der Waals surface area (Å²) >= 11 is 0. The molecule has 1 aliphatic carbocycles. The van der Waals surface area contributed by atoms with E-state index in [2.05, 4.69) is 22.0 Å². The number of carboxylic acids is 1. The Kier molecular flexibility index (Phi) is 4.26. The van der Waals surface area contributed by atoms with Crippen LogP contribution in [0.3, 0.4) is 0 Å². The average Bonchev–Trinajstić information content (AvgIpc) is 3.19. The van der Waals surface area contributed by atoms with E-state index in [0.717, 1.165) is 32.5 Å². The molecule has 0 aromatic heterocycles. The van der Waals surface area contributed by atoms with E-state index >= 15 is 0 Å². The predicted molar refractivity (Wildman–Crippen MR) is 82.4 cm³/mol. The minimum absolute atomic E-state index is 0.309. The van der Waals surface area contributed by atoms with Gasteiger partial charge in [0.05, 0.1) is 0 Å². The highest BCUT2D eigenvalue weighted by atomic mass is 16.4. The van der Waals surface area contributed by atoms with Crippen molar-refractivity contribution in [3.63, 3.8) is 0 Å². The van der Waals surface area contributed by atoms with E-state index in [9.17, 15) is 9.90 Å². The molecule has 21 heavy (non-hydrogen) atoms. The van der Waals surface area contributed by atoms with E-state index in [0.29, 0.717) is 24.5 Å². The van der Waals surface area contributed by atoms with E-state index in [1.54, 1.807) is 0 Å². The van der Waals surface area contributed by atoms with Gasteiger partial charge in [-0.2, -0.15) is 0 Å². The number of nitrogens with zero attached hydrogens (tertiary/aromatic N) is 2. The first-order valence-electron chi connectivity index (χ1n) is 8.53. The normalized spacial score (nSPS) is 33.6. The second-order valence-corrected chi connectivity index (χ2v) is 7.15. The zero-order valence-electron chi connectivity index (χ0n) is 13.3. The molecule has 3 unspecified atom stereocenters. The molecule has 2 heterocycles. The number of hydrogen-bond donors (Lipinski definition) is 2. The van der Waals surface area contributed by atoms with E-state index in [1.807, 2.05) is 6.92 Å². The van der Waals surface area contributed by atoms with Crippen LogP contribution in [0.15, 0.2) is 0 Å². The van der Waals surface area contributed by atoms with E-state index < -0.39 is 11.5 Å². The Morgan fingerprint density at radius 1 is 1.33 bits per heavy atom. The number of carbonyl (C=O) groups is 1. The molecular weight excluding hydrogens is 266 g/mol.